The highest BCUT2D eigenvalue weighted by Crippen LogP contribution is 2.52. The Morgan fingerprint density at radius 1 is 1.26 bits per heavy atom. The molecule has 1 heterocycles. The fourth-order valence-corrected chi connectivity index (χ4v) is 4.43. The van der Waals surface area contributed by atoms with Gasteiger partial charge in [0.2, 0.25) is 0 Å². The fourth-order valence-electron chi connectivity index (χ4n) is 4.43. The molecular weight excluding hydrogens is 288 g/mol. The van der Waals surface area contributed by atoms with Crippen molar-refractivity contribution in [2.75, 3.05) is 0 Å². The van der Waals surface area contributed by atoms with Gasteiger partial charge in [-0.3, -0.25) is 4.79 Å². The summed E-state index contributed by atoms with van der Waals surface area (Å²) in [7, 11) is 0. The van der Waals surface area contributed by atoms with E-state index in [1.54, 1.807) is 0 Å². The number of hydrogen-bond donors (Lipinski definition) is 1. The zero-order valence-corrected chi connectivity index (χ0v) is 15.1. The van der Waals surface area contributed by atoms with Crippen LogP contribution in [-0.4, -0.2) is 28.7 Å². The van der Waals surface area contributed by atoms with Crippen LogP contribution in [0.3, 0.4) is 0 Å². The molecule has 0 aromatic carbocycles. The van der Waals surface area contributed by atoms with Gasteiger partial charge < -0.3 is 9.84 Å². The van der Waals surface area contributed by atoms with E-state index in [0.717, 1.165) is 30.4 Å². The topological polar surface area (TPSA) is 49.8 Å². The largest absolute Gasteiger partial charge is 0.389 e. The first kappa shape index (κ1) is 16.9. The molecule has 0 saturated carbocycles. The van der Waals surface area contributed by atoms with Crippen molar-refractivity contribution >= 4 is 5.78 Å². The highest BCUT2D eigenvalue weighted by molar-refractivity contribution is 6.02. The van der Waals surface area contributed by atoms with Crippen molar-refractivity contribution in [3.8, 4) is 0 Å². The van der Waals surface area contributed by atoms with Crippen molar-refractivity contribution < 1.29 is 14.6 Å². The van der Waals surface area contributed by atoms with E-state index in [0.29, 0.717) is 12.3 Å². The molecule has 0 unspecified atom stereocenters. The average Bonchev–Trinajstić information content (AvgIpc) is 3.16. The fraction of sp³-hybridized carbons (Fsp3) is 0.750. The maximum absolute atomic E-state index is 13.0. The average molecular weight is 318 g/mol. The number of epoxide rings is 1. The van der Waals surface area contributed by atoms with Crippen molar-refractivity contribution in [2.24, 2.45) is 17.3 Å². The van der Waals surface area contributed by atoms with Gasteiger partial charge in [-0.05, 0) is 67.9 Å². The zero-order chi connectivity index (χ0) is 17.0. The Morgan fingerprint density at radius 2 is 1.96 bits per heavy atom. The van der Waals surface area contributed by atoms with Crippen molar-refractivity contribution in [1.82, 2.24) is 0 Å². The normalized spacial score (nSPS) is 49.9. The van der Waals surface area contributed by atoms with Crippen molar-refractivity contribution in [3.63, 3.8) is 0 Å². The third-order valence-corrected chi connectivity index (χ3v) is 6.95. The first-order valence-corrected chi connectivity index (χ1v) is 8.96. The molecule has 2 aliphatic carbocycles. The van der Waals surface area contributed by atoms with Gasteiger partial charge in [0, 0.05) is 0 Å². The molecule has 0 aromatic rings. The number of Topliss-reactive ketones (excluding diaryl/α,β-unsaturated/α-hetero) is 1. The van der Waals surface area contributed by atoms with Gasteiger partial charge in [0.25, 0.3) is 0 Å². The highest BCUT2D eigenvalue weighted by Gasteiger charge is 2.58. The second-order valence-corrected chi connectivity index (χ2v) is 8.41. The molecule has 2 bridgehead atoms. The number of ketones is 1. The van der Waals surface area contributed by atoms with E-state index in [9.17, 15) is 9.90 Å². The standard InChI is InChI=1S/C20H30O3/c1-12-7-6-10-20(5)18(23-20)17(22)15-9-8-13(2)19(4,14(15)3)11-16(12)21/h7,9,13-14,16,18,21H,6,8,10-11H2,1-5H3/b12-7+/t13-,14-,16+,18+,19-,20+/m1/s1. The Balaban J connectivity index is 2.00. The molecule has 6 atom stereocenters. The van der Waals surface area contributed by atoms with Gasteiger partial charge in [-0.1, -0.05) is 32.9 Å². The summed E-state index contributed by atoms with van der Waals surface area (Å²) in [6.45, 7) is 10.7. The lowest BCUT2D eigenvalue weighted by Gasteiger charge is -2.46. The minimum absolute atomic E-state index is 0.0707. The van der Waals surface area contributed by atoms with E-state index in [-0.39, 0.29) is 28.8 Å². The number of hydrogen-bond acceptors (Lipinski definition) is 3. The summed E-state index contributed by atoms with van der Waals surface area (Å²) in [6.07, 6.45) is 6.86. The summed E-state index contributed by atoms with van der Waals surface area (Å²) in [4.78, 5) is 13.0. The molecular formula is C20H30O3. The molecule has 3 nitrogen and oxygen atoms in total. The van der Waals surface area contributed by atoms with E-state index in [1.165, 1.54) is 0 Å². The lowest BCUT2D eigenvalue weighted by Crippen LogP contribution is -2.42. The molecule has 0 radical (unpaired) electrons. The third kappa shape index (κ3) is 2.72. The van der Waals surface area contributed by atoms with E-state index in [2.05, 4.69) is 32.9 Å². The van der Waals surface area contributed by atoms with Gasteiger partial charge in [0.1, 0.15) is 11.7 Å². The van der Waals surface area contributed by atoms with E-state index >= 15 is 0 Å². The highest BCUT2D eigenvalue weighted by atomic mass is 16.6. The lowest BCUT2D eigenvalue weighted by molar-refractivity contribution is -0.118. The molecule has 1 N–H and O–H groups in total. The molecule has 1 aliphatic heterocycles. The van der Waals surface area contributed by atoms with Crippen LogP contribution in [0.25, 0.3) is 0 Å². The molecule has 23 heavy (non-hydrogen) atoms. The Labute approximate surface area is 139 Å². The van der Waals surface area contributed by atoms with Gasteiger partial charge in [-0.15, -0.1) is 0 Å². The summed E-state index contributed by atoms with van der Waals surface area (Å²) < 4.78 is 5.81. The number of aliphatic hydroxyl groups is 1. The summed E-state index contributed by atoms with van der Waals surface area (Å²) in [6, 6.07) is 0. The predicted octanol–water partition coefficient (Wildman–Crippen LogP) is 3.81. The Morgan fingerprint density at radius 3 is 2.65 bits per heavy atom. The van der Waals surface area contributed by atoms with Gasteiger partial charge in [-0.2, -0.15) is 0 Å². The molecule has 0 amide bonds. The smallest absolute Gasteiger partial charge is 0.190 e. The summed E-state index contributed by atoms with van der Waals surface area (Å²) in [5, 5.41) is 10.7. The SMILES string of the molecule is C/C1=C\CC[C@]2(C)O[C@H]2C(=O)C2=CC[C@@H](C)[C@@](C)(C[C@@H]1O)[C@@H]2C. The third-order valence-electron chi connectivity index (χ3n) is 6.95. The number of allylic oxidation sites excluding steroid dienone is 2. The first-order valence-electron chi connectivity index (χ1n) is 8.96. The van der Waals surface area contributed by atoms with E-state index in [1.807, 2.05) is 13.8 Å². The minimum atomic E-state index is -0.428. The second kappa shape index (κ2) is 5.56. The number of ether oxygens (including phenoxy) is 1. The Kier molecular flexibility index (Phi) is 4.09. The van der Waals surface area contributed by atoms with Gasteiger partial charge >= 0.3 is 0 Å². The Bertz CT molecular complexity index is 575. The van der Waals surface area contributed by atoms with Gasteiger partial charge in [0.05, 0.1) is 6.10 Å². The predicted molar refractivity (Wildman–Crippen MR) is 91.0 cm³/mol. The maximum Gasteiger partial charge on any atom is 0.190 e. The van der Waals surface area contributed by atoms with E-state index < -0.39 is 6.10 Å². The van der Waals surface area contributed by atoms with Crippen molar-refractivity contribution in [1.29, 1.82) is 0 Å². The molecule has 0 aromatic heterocycles. The molecule has 3 aliphatic rings. The first-order chi connectivity index (χ1) is 10.7. The summed E-state index contributed by atoms with van der Waals surface area (Å²) in [5.41, 5.74) is 1.58. The van der Waals surface area contributed by atoms with Crippen LogP contribution in [0, 0.1) is 17.3 Å². The molecule has 1 fully saturated rings. The Hall–Kier alpha value is -0.930. The number of carbonyl (C=O) groups excluding carboxylic acids is 1. The minimum Gasteiger partial charge on any atom is -0.389 e. The van der Waals surface area contributed by atoms with Crippen molar-refractivity contribution in [3.05, 3.63) is 23.3 Å². The molecule has 3 heteroatoms. The number of rotatable bonds is 0. The number of aliphatic hydroxyl groups excluding tert-OH is 1. The van der Waals surface area contributed by atoms with Crippen LogP contribution in [-0.2, 0) is 9.53 Å². The second-order valence-electron chi connectivity index (χ2n) is 8.41. The van der Waals surface area contributed by atoms with Crippen molar-refractivity contribution in [2.45, 2.75) is 78.1 Å². The van der Waals surface area contributed by atoms with Crippen LogP contribution >= 0.6 is 0 Å². The van der Waals surface area contributed by atoms with Crippen LogP contribution < -0.4 is 0 Å². The molecule has 0 spiro atoms. The van der Waals surface area contributed by atoms with Crippen LogP contribution in [0.5, 0.6) is 0 Å². The maximum atomic E-state index is 13.0. The van der Waals surface area contributed by atoms with E-state index in [4.69, 9.17) is 4.74 Å². The lowest BCUT2D eigenvalue weighted by atomic mass is 9.58. The summed E-state index contributed by atoms with van der Waals surface area (Å²) >= 11 is 0. The van der Waals surface area contributed by atoms with Crippen LogP contribution in [0.15, 0.2) is 23.3 Å². The van der Waals surface area contributed by atoms with Gasteiger partial charge in [-0.25, -0.2) is 0 Å². The number of carbonyl (C=O) groups is 1. The molecule has 128 valence electrons. The summed E-state index contributed by atoms with van der Waals surface area (Å²) in [5.74, 6) is 0.772. The van der Waals surface area contributed by atoms with Crippen LogP contribution in [0.4, 0.5) is 0 Å². The molecule has 3 rings (SSSR count). The zero-order valence-electron chi connectivity index (χ0n) is 15.1. The quantitative estimate of drug-likeness (QED) is 0.546. The molecule has 1 saturated heterocycles. The van der Waals surface area contributed by atoms with Gasteiger partial charge in [0.15, 0.2) is 5.78 Å². The van der Waals surface area contributed by atoms with Crippen LogP contribution in [0.2, 0.25) is 0 Å². The number of fused-ring (bicyclic) bond motifs is 3. The van der Waals surface area contributed by atoms with Crippen LogP contribution in [0.1, 0.15) is 60.3 Å². The monoisotopic (exact) mass is 318 g/mol.